The van der Waals surface area contributed by atoms with E-state index in [1.807, 2.05) is 0 Å². The minimum Gasteiger partial charge on any atom is -0.457 e. The van der Waals surface area contributed by atoms with Crippen LogP contribution >= 0.6 is 0 Å². The van der Waals surface area contributed by atoms with Crippen molar-refractivity contribution in [2.45, 2.75) is 219 Å². The van der Waals surface area contributed by atoms with Gasteiger partial charge in [-0.25, -0.2) is 19.9 Å². The summed E-state index contributed by atoms with van der Waals surface area (Å²) in [5.41, 5.74) is 8.30. The molecular weight excluding hydrogens is 745 g/mol. The van der Waals surface area contributed by atoms with Crippen LogP contribution in [0.25, 0.3) is 0 Å². The average molecular weight is 827 g/mol. The van der Waals surface area contributed by atoms with Crippen LogP contribution in [0, 0.1) is 11.8 Å². The van der Waals surface area contributed by atoms with Crippen molar-refractivity contribution in [3.63, 3.8) is 0 Å². The zero-order valence-electron chi connectivity index (χ0n) is 39.1. The monoisotopic (exact) mass is 827 g/mol. The van der Waals surface area contributed by atoms with Gasteiger partial charge in [-0.1, -0.05) is 116 Å². The smallest absolute Gasteiger partial charge is 0.131 e. The van der Waals surface area contributed by atoms with Crippen molar-refractivity contribution >= 4 is 0 Å². The van der Waals surface area contributed by atoms with E-state index in [1.165, 1.54) is 175 Å². The third kappa shape index (κ3) is 15.3. The molecular formula is C56H82N4O. The Morgan fingerprint density at radius 3 is 1.13 bits per heavy atom. The summed E-state index contributed by atoms with van der Waals surface area (Å²) < 4.78 is 7.13. The summed E-state index contributed by atoms with van der Waals surface area (Å²) in [4.78, 5) is 19.6. The fraction of sp³-hybridized carbons (Fsp3) is 0.643. The van der Waals surface area contributed by atoms with Gasteiger partial charge in [-0.3, -0.25) is 0 Å². The van der Waals surface area contributed by atoms with Crippen LogP contribution in [-0.2, 0) is 38.5 Å². The number of aromatic nitrogens is 4. The minimum absolute atomic E-state index is 0.480. The molecule has 2 saturated carbocycles. The number of aryl methyl sites for hydroxylation is 4. The lowest BCUT2D eigenvalue weighted by Crippen LogP contribution is -2.18. The molecule has 2 aliphatic carbocycles. The van der Waals surface area contributed by atoms with E-state index in [-0.39, 0.29) is 0 Å². The van der Waals surface area contributed by atoms with Crippen LogP contribution in [0.4, 0.5) is 0 Å². The predicted octanol–water partition coefficient (Wildman–Crippen LogP) is 15.8. The van der Waals surface area contributed by atoms with Gasteiger partial charge in [0.2, 0.25) is 0 Å². The number of ether oxygens (including phenoxy) is 1. The number of unbranched alkanes of at least 4 members (excludes halogenated alkanes) is 10. The first-order chi connectivity index (χ1) is 30.0. The van der Waals surface area contributed by atoms with Gasteiger partial charge in [0.1, 0.15) is 23.1 Å². The Labute approximate surface area is 372 Å². The Kier molecular flexibility index (Phi) is 20.1. The van der Waals surface area contributed by atoms with Crippen LogP contribution in [0.15, 0.2) is 61.2 Å². The Morgan fingerprint density at radius 2 is 0.754 bits per heavy atom. The van der Waals surface area contributed by atoms with Gasteiger partial charge < -0.3 is 4.74 Å². The molecule has 2 aromatic heterocycles. The molecule has 2 heterocycles. The van der Waals surface area contributed by atoms with E-state index in [9.17, 15) is 0 Å². The van der Waals surface area contributed by atoms with Crippen LogP contribution in [-0.4, -0.2) is 19.9 Å². The molecule has 61 heavy (non-hydrogen) atoms. The second-order valence-corrected chi connectivity index (χ2v) is 19.3. The Hall–Kier alpha value is -3.60. The van der Waals surface area contributed by atoms with Gasteiger partial charge in [0.25, 0.3) is 0 Å². The van der Waals surface area contributed by atoms with Gasteiger partial charge in [0.15, 0.2) is 0 Å². The van der Waals surface area contributed by atoms with Gasteiger partial charge in [-0.15, -0.1) is 0 Å². The highest BCUT2D eigenvalue weighted by Gasteiger charge is 2.27. The van der Waals surface area contributed by atoms with Crippen molar-refractivity contribution in [3.05, 3.63) is 106 Å². The van der Waals surface area contributed by atoms with E-state index in [2.05, 4.69) is 88.9 Å². The van der Waals surface area contributed by atoms with Crippen LogP contribution in [0.1, 0.15) is 226 Å². The molecule has 5 nitrogen and oxygen atoms in total. The van der Waals surface area contributed by atoms with Crippen molar-refractivity contribution in [3.8, 4) is 11.5 Å². The third-order valence-corrected chi connectivity index (χ3v) is 14.1. The predicted molar refractivity (Wildman–Crippen MR) is 256 cm³/mol. The lowest BCUT2D eigenvalue weighted by molar-refractivity contribution is 0.312. The maximum absolute atomic E-state index is 7.13. The summed E-state index contributed by atoms with van der Waals surface area (Å²) >= 11 is 0. The molecule has 0 N–H and O–H groups in total. The molecule has 2 aliphatic rings. The molecule has 6 rings (SSSR count). The first-order valence-corrected chi connectivity index (χ1v) is 25.6. The van der Waals surface area contributed by atoms with Gasteiger partial charge >= 0.3 is 0 Å². The number of hydrogen-bond donors (Lipinski definition) is 0. The maximum atomic E-state index is 7.13. The van der Waals surface area contributed by atoms with Gasteiger partial charge in [-0.2, -0.15) is 0 Å². The van der Waals surface area contributed by atoms with E-state index < -0.39 is 0 Å². The molecule has 0 atom stereocenters. The molecule has 0 unspecified atom stereocenters. The molecule has 5 heteroatoms. The van der Waals surface area contributed by atoms with Crippen molar-refractivity contribution in [1.29, 1.82) is 0 Å². The second kappa shape index (κ2) is 26.1. The topological polar surface area (TPSA) is 60.8 Å². The van der Waals surface area contributed by atoms with E-state index in [4.69, 9.17) is 24.7 Å². The molecule has 2 aromatic carbocycles. The Morgan fingerprint density at radius 1 is 0.410 bits per heavy atom. The van der Waals surface area contributed by atoms with E-state index in [0.717, 1.165) is 61.7 Å². The van der Waals surface area contributed by atoms with Crippen LogP contribution in [0.3, 0.4) is 0 Å². The lowest BCUT2D eigenvalue weighted by Gasteiger charge is -2.29. The van der Waals surface area contributed by atoms with E-state index >= 15 is 0 Å². The highest BCUT2D eigenvalue weighted by atomic mass is 16.5. The highest BCUT2D eigenvalue weighted by Crippen LogP contribution is 2.41. The summed E-state index contributed by atoms with van der Waals surface area (Å²) in [5.74, 6) is 6.52. The fourth-order valence-corrected chi connectivity index (χ4v) is 10.2. The molecule has 2 fully saturated rings. The summed E-state index contributed by atoms with van der Waals surface area (Å²) in [6, 6.07) is 14.3. The average Bonchev–Trinajstić information content (AvgIpc) is 3.29. The summed E-state index contributed by atoms with van der Waals surface area (Å²) in [6.07, 6.45) is 42.5. The van der Waals surface area contributed by atoms with Gasteiger partial charge in [0.05, 0.1) is 0 Å². The Balaban J connectivity index is 1.11. The minimum atomic E-state index is 0.480. The second-order valence-electron chi connectivity index (χ2n) is 19.3. The molecule has 0 radical (unpaired) electrons. The zero-order chi connectivity index (χ0) is 42.5. The molecule has 0 aliphatic heterocycles. The van der Waals surface area contributed by atoms with E-state index in [1.54, 1.807) is 0 Å². The maximum Gasteiger partial charge on any atom is 0.131 e. The highest BCUT2D eigenvalue weighted by molar-refractivity contribution is 5.45. The number of hydrogen-bond acceptors (Lipinski definition) is 5. The van der Waals surface area contributed by atoms with E-state index in [0.29, 0.717) is 23.7 Å². The standard InChI is InChI=1S/C56H82N4O/c1-5-9-13-17-21-47-39-57-55(58-40-47)49-29-23-45(24-30-49)37-51-35-43(19-15-11-7-3)27-33-53(51)61-54-34-28-44(20-16-12-8-4)36-52(54)38-46-25-31-50(32-26-46)56-59-41-48(42-60-56)22-18-14-10-6-2/h27-28,33-36,39-42,45-46,49-50H,5-26,29-32,37-38H2,1-4H3. The first-order valence-electron chi connectivity index (χ1n) is 25.6. The number of benzene rings is 2. The molecule has 332 valence electrons. The van der Waals surface area contributed by atoms with Crippen molar-refractivity contribution in [2.75, 3.05) is 0 Å². The largest absolute Gasteiger partial charge is 0.457 e. The number of rotatable bonds is 26. The SMILES string of the molecule is CCCCCCc1cnc(C2CCC(Cc3cc(CCCCC)ccc3Oc3ccc(CCCCC)cc3CC3CCC(c4ncc(CCCCCC)cn4)CC3)CC2)nc1. The van der Waals surface area contributed by atoms with Crippen LogP contribution in [0.5, 0.6) is 11.5 Å². The van der Waals surface area contributed by atoms with Crippen LogP contribution < -0.4 is 4.74 Å². The van der Waals surface area contributed by atoms with Crippen molar-refractivity contribution in [1.82, 2.24) is 19.9 Å². The summed E-state index contributed by atoms with van der Waals surface area (Å²) in [6.45, 7) is 9.14. The lowest BCUT2D eigenvalue weighted by atomic mass is 9.78. The molecule has 0 bridgehead atoms. The summed E-state index contributed by atoms with van der Waals surface area (Å²) in [7, 11) is 0. The molecule has 0 spiro atoms. The van der Waals surface area contributed by atoms with Crippen LogP contribution in [0.2, 0.25) is 0 Å². The van der Waals surface area contributed by atoms with Gasteiger partial charge in [0, 0.05) is 36.6 Å². The van der Waals surface area contributed by atoms with Crippen molar-refractivity contribution in [2.24, 2.45) is 11.8 Å². The normalized spacial score (nSPS) is 19.3. The molecule has 0 saturated heterocycles. The fourth-order valence-electron chi connectivity index (χ4n) is 10.2. The Bertz CT molecular complexity index is 1670. The van der Waals surface area contributed by atoms with Gasteiger partial charge in [-0.05, 0) is 173 Å². The molecule has 0 amide bonds. The van der Waals surface area contributed by atoms with Crippen molar-refractivity contribution < 1.29 is 4.74 Å². The molecule has 4 aromatic rings. The quantitative estimate of drug-likeness (QED) is 0.0590. The summed E-state index contributed by atoms with van der Waals surface area (Å²) in [5, 5.41) is 0. The first kappa shape index (κ1) is 46.9. The zero-order valence-corrected chi connectivity index (χ0v) is 39.1. The third-order valence-electron chi connectivity index (χ3n) is 14.1. The number of nitrogens with zero attached hydrogens (tertiary/aromatic N) is 4.